The van der Waals surface area contributed by atoms with Crippen molar-refractivity contribution in [1.29, 1.82) is 0 Å². The number of rotatable bonds is 4. The molecule has 0 radical (unpaired) electrons. The molecule has 5 heteroatoms. The van der Waals surface area contributed by atoms with Crippen molar-refractivity contribution in [2.24, 2.45) is 5.92 Å². The molecule has 0 saturated carbocycles. The Hall–Kier alpha value is -1.46. The molecule has 1 atom stereocenters. The normalized spacial score (nSPS) is 24.1. The molecule has 2 aliphatic heterocycles. The first-order chi connectivity index (χ1) is 10.8. The highest BCUT2D eigenvalue weighted by atomic mass is 16.2. The molecule has 2 fully saturated rings. The van der Waals surface area contributed by atoms with E-state index in [0.29, 0.717) is 6.04 Å². The summed E-state index contributed by atoms with van der Waals surface area (Å²) in [7, 11) is 0. The molecule has 0 bridgehead atoms. The Morgan fingerprint density at radius 1 is 1.27 bits per heavy atom. The molecule has 1 unspecified atom stereocenters. The molecular formula is C17H26N4O. The van der Waals surface area contributed by atoms with Crippen molar-refractivity contribution < 1.29 is 4.79 Å². The van der Waals surface area contributed by atoms with Crippen LogP contribution in [0.15, 0.2) is 24.5 Å². The van der Waals surface area contributed by atoms with E-state index in [1.807, 2.05) is 12.4 Å². The monoisotopic (exact) mass is 302 g/mol. The maximum atomic E-state index is 12.3. The summed E-state index contributed by atoms with van der Waals surface area (Å²) in [5.74, 6) is 0.420. The second-order valence-electron chi connectivity index (χ2n) is 6.46. The molecule has 120 valence electrons. The average Bonchev–Trinajstić information content (AvgIpc) is 2.58. The van der Waals surface area contributed by atoms with Crippen LogP contribution in [0.2, 0.25) is 0 Å². The lowest BCUT2D eigenvalue weighted by atomic mass is 9.97. The van der Waals surface area contributed by atoms with E-state index in [4.69, 9.17) is 0 Å². The fourth-order valence-corrected chi connectivity index (χ4v) is 3.38. The van der Waals surface area contributed by atoms with Gasteiger partial charge in [-0.3, -0.25) is 14.7 Å². The Morgan fingerprint density at radius 3 is 2.73 bits per heavy atom. The van der Waals surface area contributed by atoms with Crippen LogP contribution in [-0.4, -0.2) is 48.0 Å². The van der Waals surface area contributed by atoms with Crippen LogP contribution in [0.3, 0.4) is 0 Å². The van der Waals surface area contributed by atoms with Gasteiger partial charge in [-0.05, 0) is 49.9 Å². The van der Waals surface area contributed by atoms with Gasteiger partial charge >= 0.3 is 0 Å². The summed E-state index contributed by atoms with van der Waals surface area (Å²) >= 11 is 0. The van der Waals surface area contributed by atoms with Crippen LogP contribution in [0.25, 0.3) is 0 Å². The number of carbonyl (C=O) groups excluding carboxylic acids is 1. The Balaban J connectivity index is 1.40. The second kappa shape index (κ2) is 7.70. The van der Waals surface area contributed by atoms with E-state index in [1.165, 1.54) is 5.56 Å². The van der Waals surface area contributed by atoms with Gasteiger partial charge in [-0.15, -0.1) is 0 Å². The number of hydrogen-bond acceptors (Lipinski definition) is 4. The van der Waals surface area contributed by atoms with Crippen LogP contribution < -0.4 is 10.6 Å². The Kier molecular flexibility index (Phi) is 5.40. The van der Waals surface area contributed by atoms with Crippen molar-refractivity contribution in [2.45, 2.75) is 38.3 Å². The van der Waals surface area contributed by atoms with E-state index >= 15 is 0 Å². The smallest absolute Gasteiger partial charge is 0.224 e. The van der Waals surface area contributed by atoms with Gasteiger partial charge in [0.05, 0.1) is 5.92 Å². The Bertz CT molecular complexity index is 465. The maximum Gasteiger partial charge on any atom is 0.224 e. The van der Waals surface area contributed by atoms with Crippen molar-refractivity contribution in [3.8, 4) is 0 Å². The topological polar surface area (TPSA) is 57.3 Å². The van der Waals surface area contributed by atoms with Gasteiger partial charge in [-0.25, -0.2) is 0 Å². The number of nitrogens with one attached hydrogen (secondary N) is 2. The molecule has 22 heavy (non-hydrogen) atoms. The predicted octanol–water partition coefficient (Wildman–Crippen LogP) is 1.16. The van der Waals surface area contributed by atoms with Gasteiger partial charge in [-0.1, -0.05) is 0 Å². The lowest BCUT2D eigenvalue weighted by molar-refractivity contribution is -0.126. The first kappa shape index (κ1) is 15.4. The first-order valence-corrected chi connectivity index (χ1v) is 8.43. The summed E-state index contributed by atoms with van der Waals surface area (Å²) in [6, 6.07) is 4.50. The predicted molar refractivity (Wildman–Crippen MR) is 86.3 cm³/mol. The summed E-state index contributed by atoms with van der Waals surface area (Å²) < 4.78 is 0. The van der Waals surface area contributed by atoms with Gasteiger partial charge in [0.1, 0.15) is 0 Å². The number of nitrogens with zero attached hydrogens (tertiary/aromatic N) is 2. The van der Waals surface area contributed by atoms with Gasteiger partial charge in [0, 0.05) is 44.6 Å². The molecule has 0 aliphatic carbocycles. The van der Waals surface area contributed by atoms with Crippen molar-refractivity contribution in [1.82, 2.24) is 20.5 Å². The zero-order valence-corrected chi connectivity index (χ0v) is 13.1. The van der Waals surface area contributed by atoms with Gasteiger partial charge < -0.3 is 10.6 Å². The summed E-state index contributed by atoms with van der Waals surface area (Å²) in [5.41, 5.74) is 1.31. The lowest BCUT2D eigenvalue weighted by Gasteiger charge is -2.33. The number of amides is 1. The SMILES string of the molecule is O=C(NC1CCN(Cc2ccncc2)CC1)C1CCCNC1. The number of likely N-dealkylation sites (tertiary alicyclic amines) is 1. The van der Waals surface area contributed by atoms with E-state index in [9.17, 15) is 4.79 Å². The highest BCUT2D eigenvalue weighted by molar-refractivity contribution is 5.79. The molecule has 3 heterocycles. The molecule has 3 rings (SSSR count). The number of aromatic nitrogens is 1. The quantitative estimate of drug-likeness (QED) is 0.876. The summed E-state index contributed by atoms with van der Waals surface area (Å²) in [4.78, 5) is 18.8. The third-order valence-electron chi connectivity index (χ3n) is 4.76. The molecule has 2 N–H and O–H groups in total. The van der Waals surface area contributed by atoms with Crippen LogP contribution in [0, 0.1) is 5.92 Å². The molecular weight excluding hydrogens is 276 g/mol. The van der Waals surface area contributed by atoms with Crippen molar-refractivity contribution in [3.63, 3.8) is 0 Å². The second-order valence-corrected chi connectivity index (χ2v) is 6.46. The molecule has 2 aliphatic rings. The summed E-state index contributed by atoms with van der Waals surface area (Å²) in [5, 5.41) is 6.57. The standard InChI is InChI=1S/C17H26N4O/c22-17(15-2-1-7-19-12-15)20-16-5-10-21(11-6-16)13-14-3-8-18-9-4-14/h3-4,8-9,15-16,19H,1-2,5-7,10-13H2,(H,20,22). The van der Waals surface area contributed by atoms with Crippen LogP contribution in [0.1, 0.15) is 31.2 Å². The Morgan fingerprint density at radius 2 is 2.05 bits per heavy atom. The largest absolute Gasteiger partial charge is 0.353 e. The highest BCUT2D eigenvalue weighted by Crippen LogP contribution is 2.15. The van der Waals surface area contributed by atoms with Gasteiger partial charge in [-0.2, -0.15) is 0 Å². The minimum atomic E-state index is 0.170. The van der Waals surface area contributed by atoms with Crippen LogP contribution in [-0.2, 0) is 11.3 Å². The van der Waals surface area contributed by atoms with E-state index in [2.05, 4.69) is 32.7 Å². The van der Waals surface area contributed by atoms with Gasteiger partial charge in [0.2, 0.25) is 5.91 Å². The zero-order valence-electron chi connectivity index (χ0n) is 13.1. The molecule has 2 saturated heterocycles. The fourth-order valence-electron chi connectivity index (χ4n) is 3.38. The van der Waals surface area contributed by atoms with Crippen LogP contribution in [0.5, 0.6) is 0 Å². The number of carbonyl (C=O) groups is 1. The molecule has 1 aromatic rings. The third kappa shape index (κ3) is 4.27. The van der Waals surface area contributed by atoms with Crippen molar-refractivity contribution >= 4 is 5.91 Å². The van der Waals surface area contributed by atoms with E-state index in [0.717, 1.165) is 58.4 Å². The molecule has 0 spiro atoms. The molecule has 5 nitrogen and oxygen atoms in total. The number of hydrogen-bond donors (Lipinski definition) is 2. The average molecular weight is 302 g/mol. The van der Waals surface area contributed by atoms with Crippen LogP contribution >= 0.6 is 0 Å². The van der Waals surface area contributed by atoms with Crippen molar-refractivity contribution in [2.75, 3.05) is 26.2 Å². The van der Waals surface area contributed by atoms with Crippen molar-refractivity contribution in [3.05, 3.63) is 30.1 Å². The summed E-state index contributed by atoms with van der Waals surface area (Å²) in [6.07, 6.45) is 7.94. The molecule has 1 aromatic heterocycles. The van der Waals surface area contributed by atoms with Gasteiger partial charge in [0.15, 0.2) is 0 Å². The van der Waals surface area contributed by atoms with Crippen LogP contribution in [0.4, 0.5) is 0 Å². The van der Waals surface area contributed by atoms with Gasteiger partial charge in [0.25, 0.3) is 0 Å². The van der Waals surface area contributed by atoms with E-state index < -0.39 is 0 Å². The van der Waals surface area contributed by atoms with E-state index in [-0.39, 0.29) is 11.8 Å². The minimum absolute atomic E-state index is 0.170. The molecule has 0 aromatic carbocycles. The lowest BCUT2D eigenvalue weighted by Crippen LogP contribution is -2.48. The highest BCUT2D eigenvalue weighted by Gasteiger charge is 2.25. The third-order valence-corrected chi connectivity index (χ3v) is 4.76. The number of piperidine rings is 2. The minimum Gasteiger partial charge on any atom is -0.353 e. The fraction of sp³-hybridized carbons (Fsp3) is 0.647. The first-order valence-electron chi connectivity index (χ1n) is 8.43. The Labute approximate surface area is 132 Å². The zero-order chi connectivity index (χ0) is 15.2. The molecule has 1 amide bonds. The van der Waals surface area contributed by atoms with E-state index in [1.54, 1.807) is 0 Å². The number of pyridine rings is 1. The maximum absolute atomic E-state index is 12.3. The summed E-state index contributed by atoms with van der Waals surface area (Å²) in [6.45, 7) is 4.98.